The molecule has 0 bridgehead atoms. The summed E-state index contributed by atoms with van der Waals surface area (Å²) in [7, 11) is 1.51. The molecule has 2 aliphatic rings. The first kappa shape index (κ1) is 28.4. The Morgan fingerprint density at radius 1 is 1.08 bits per heavy atom. The first-order chi connectivity index (χ1) is 17.8. The molecule has 0 aromatic heterocycles. The number of dihydropyridines is 1. The van der Waals surface area contributed by atoms with Crippen LogP contribution in [0.2, 0.25) is 0 Å². The van der Waals surface area contributed by atoms with Crippen molar-refractivity contribution in [2.75, 3.05) is 13.7 Å². The van der Waals surface area contributed by atoms with Gasteiger partial charge in [0.1, 0.15) is 12.2 Å². The Bertz CT molecular complexity index is 994. The number of benzene rings is 1. The lowest BCUT2D eigenvalue weighted by Gasteiger charge is -2.31. The highest BCUT2D eigenvalue weighted by atomic mass is 16.6. The number of carbonyl (C=O) groups is 2. The molecule has 1 aromatic carbocycles. The Kier molecular flexibility index (Phi) is 10.7. The molecule has 1 aliphatic heterocycles. The van der Waals surface area contributed by atoms with Gasteiger partial charge in [0.15, 0.2) is 11.5 Å². The maximum Gasteiger partial charge on any atom is 0.302 e. The van der Waals surface area contributed by atoms with E-state index >= 15 is 0 Å². The fourth-order valence-corrected chi connectivity index (χ4v) is 5.44. The SMILES string of the molecule is COc1cc(CCC(CC(OC(C)=O)C2CCCCCCC2)OC(C)=O)c(C2=CCNC(N)=C2)cc1O. The van der Waals surface area contributed by atoms with Gasteiger partial charge in [-0.25, -0.2) is 0 Å². The summed E-state index contributed by atoms with van der Waals surface area (Å²) in [4.78, 5) is 24.0. The highest BCUT2D eigenvalue weighted by molar-refractivity contribution is 5.79. The number of nitrogens with one attached hydrogen (secondary N) is 1. The lowest BCUT2D eigenvalue weighted by molar-refractivity contribution is -0.156. The van der Waals surface area contributed by atoms with Crippen LogP contribution in [0.3, 0.4) is 0 Å². The number of aryl methyl sites for hydroxylation is 1. The fraction of sp³-hybridized carbons (Fsp3) is 0.586. The van der Waals surface area contributed by atoms with Crippen molar-refractivity contribution >= 4 is 17.5 Å². The van der Waals surface area contributed by atoms with Crippen LogP contribution in [0.25, 0.3) is 5.57 Å². The zero-order valence-corrected chi connectivity index (χ0v) is 22.4. The van der Waals surface area contributed by atoms with Crippen LogP contribution in [0.15, 0.2) is 30.1 Å². The van der Waals surface area contributed by atoms with Crippen LogP contribution in [-0.2, 0) is 25.5 Å². The molecule has 1 heterocycles. The van der Waals surface area contributed by atoms with E-state index in [1.54, 1.807) is 6.07 Å². The van der Waals surface area contributed by atoms with E-state index in [0.29, 0.717) is 37.4 Å². The van der Waals surface area contributed by atoms with E-state index < -0.39 is 6.10 Å². The van der Waals surface area contributed by atoms with Crippen LogP contribution in [0.4, 0.5) is 0 Å². The molecule has 8 nitrogen and oxygen atoms in total. The van der Waals surface area contributed by atoms with Crippen molar-refractivity contribution in [2.24, 2.45) is 11.7 Å². The number of rotatable bonds is 10. The zero-order valence-electron chi connectivity index (χ0n) is 22.4. The molecule has 0 radical (unpaired) electrons. The Labute approximate surface area is 220 Å². The van der Waals surface area contributed by atoms with Crippen LogP contribution in [0.1, 0.15) is 82.8 Å². The number of hydrogen-bond acceptors (Lipinski definition) is 8. The van der Waals surface area contributed by atoms with Crippen molar-refractivity contribution in [3.05, 3.63) is 41.2 Å². The van der Waals surface area contributed by atoms with Gasteiger partial charge in [0.25, 0.3) is 0 Å². The van der Waals surface area contributed by atoms with Gasteiger partial charge in [-0.1, -0.05) is 38.2 Å². The lowest BCUT2D eigenvalue weighted by Crippen LogP contribution is -2.33. The summed E-state index contributed by atoms with van der Waals surface area (Å²) in [5, 5.41) is 13.5. The van der Waals surface area contributed by atoms with E-state index in [1.165, 1.54) is 40.2 Å². The van der Waals surface area contributed by atoms with Crippen molar-refractivity contribution in [1.29, 1.82) is 0 Å². The minimum Gasteiger partial charge on any atom is -0.504 e. The van der Waals surface area contributed by atoms with Gasteiger partial charge in [-0.15, -0.1) is 0 Å². The summed E-state index contributed by atoms with van der Waals surface area (Å²) in [6.45, 7) is 3.44. The standard InChI is InChI=1S/C29H42N2O6/c1-19(32)36-24(17-27(37-20(2)33)21-9-7-5-4-6-8-10-21)12-11-22-15-28(35-3)26(34)18-25(22)23-13-14-31-29(30)16-23/h13,15-16,18,21,24,27,31,34H,4-12,14,17,30H2,1-3H3. The molecule has 204 valence electrons. The lowest BCUT2D eigenvalue weighted by atomic mass is 9.84. The molecular formula is C29H42N2O6. The molecule has 2 unspecified atom stereocenters. The molecule has 0 spiro atoms. The van der Waals surface area contributed by atoms with Crippen LogP contribution < -0.4 is 15.8 Å². The maximum absolute atomic E-state index is 12.0. The molecule has 3 rings (SSSR count). The monoisotopic (exact) mass is 514 g/mol. The van der Waals surface area contributed by atoms with Crippen LogP contribution >= 0.6 is 0 Å². The van der Waals surface area contributed by atoms with Gasteiger partial charge in [0, 0.05) is 26.8 Å². The number of methoxy groups -OCH3 is 1. The molecule has 2 atom stereocenters. The number of allylic oxidation sites excluding steroid dienone is 2. The number of phenols is 1. The molecule has 0 saturated heterocycles. The van der Waals surface area contributed by atoms with Gasteiger partial charge in [-0.3, -0.25) is 9.59 Å². The summed E-state index contributed by atoms with van der Waals surface area (Å²) >= 11 is 0. The van der Waals surface area contributed by atoms with Gasteiger partial charge >= 0.3 is 11.9 Å². The summed E-state index contributed by atoms with van der Waals surface area (Å²) in [5.41, 5.74) is 8.69. The number of phenolic OH excluding ortho intramolecular Hbond substituents is 1. The molecule has 1 aromatic rings. The number of ether oxygens (including phenoxy) is 3. The van der Waals surface area contributed by atoms with E-state index in [0.717, 1.165) is 42.4 Å². The number of nitrogens with two attached hydrogens (primary N) is 1. The largest absolute Gasteiger partial charge is 0.504 e. The molecule has 4 N–H and O–H groups in total. The third kappa shape index (κ3) is 8.72. The number of aromatic hydroxyl groups is 1. The third-order valence-electron chi connectivity index (χ3n) is 7.21. The topological polar surface area (TPSA) is 120 Å². The summed E-state index contributed by atoms with van der Waals surface area (Å²) in [5.74, 6) is 0.579. The van der Waals surface area contributed by atoms with Crippen molar-refractivity contribution in [3.63, 3.8) is 0 Å². The Morgan fingerprint density at radius 2 is 1.76 bits per heavy atom. The van der Waals surface area contributed by atoms with Crippen molar-refractivity contribution < 1.29 is 28.9 Å². The van der Waals surface area contributed by atoms with Gasteiger partial charge in [0.2, 0.25) is 0 Å². The molecule has 8 heteroatoms. The van der Waals surface area contributed by atoms with E-state index in [9.17, 15) is 14.7 Å². The van der Waals surface area contributed by atoms with E-state index in [2.05, 4.69) is 5.32 Å². The van der Waals surface area contributed by atoms with Crippen molar-refractivity contribution in [2.45, 2.75) is 90.3 Å². The molecule has 1 aliphatic carbocycles. The predicted octanol–water partition coefficient (Wildman–Crippen LogP) is 4.73. The summed E-state index contributed by atoms with van der Waals surface area (Å²) in [6.07, 6.45) is 12.6. The number of hydrogen-bond donors (Lipinski definition) is 3. The van der Waals surface area contributed by atoms with Gasteiger partial charge < -0.3 is 30.4 Å². The minimum absolute atomic E-state index is 0.0448. The second-order valence-electron chi connectivity index (χ2n) is 10.1. The first-order valence-corrected chi connectivity index (χ1v) is 13.4. The van der Waals surface area contributed by atoms with E-state index in [-0.39, 0.29) is 29.7 Å². The number of carbonyl (C=O) groups excluding carboxylic acids is 2. The third-order valence-corrected chi connectivity index (χ3v) is 7.21. The normalized spacial score (nSPS) is 18.2. The smallest absolute Gasteiger partial charge is 0.302 e. The quantitative estimate of drug-likeness (QED) is 0.383. The Morgan fingerprint density at radius 3 is 2.38 bits per heavy atom. The zero-order chi connectivity index (χ0) is 26.8. The summed E-state index contributed by atoms with van der Waals surface area (Å²) in [6, 6.07) is 3.51. The highest BCUT2D eigenvalue weighted by Crippen LogP contribution is 2.35. The van der Waals surface area contributed by atoms with Crippen molar-refractivity contribution in [3.8, 4) is 11.5 Å². The highest BCUT2D eigenvalue weighted by Gasteiger charge is 2.29. The first-order valence-electron chi connectivity index (χ1n) is 13.4. The average molecular weight is 515 g/mol. The number of esters is 2. The molecular weight excluding hydrogens is 472 g/mol. The van der Waals surface area contributed by atoms with E-state index in [1.807, 2.05) is 18.2 Å². The van der Waals surface area contributed by atoms with Gasteiger partial charge in [0.05, 0.1) is 12.9 Å². The fourth-order valence-electron chi connectivity index (χ4n) is 5.44. The minimum atomic E-state index is -0.414. The molecule has 1 saturated carbocycles. The van der Waals surface area contributed by atoms with E-state index in [4.69, 9.17) is 19.9 Å². The molecule has 0 amide bonds. The Hall–Kier alpha value is -3.16. The average Bonchev–Trinajstić information content (AvgIpc) is 2.81. The molecule has 1 fully saturated rings. The summed E-state index contributed by atoms with van der Waals surface area (Å²) < 4.78 is 16.9. The van der Waals surface area contributed by atoms with Crippen LogP contribution in [0, 0.1) is 5.92 Å². The van der Waals surface area contributed by atoms with Crippen molar-refractivity contribution in [1.82, 2.24) is 5.32 Å². The maximum atomic E-state index is 12.0. The molecule has 37 heavy (non-hydrogen) atoms. The second kappa shape index (κ2) is 14.0. The van der Waals surface area contributed by atoms with Gasteiger partial charge in [-0.2, -0.15) is 0 Å². The van der Waals surface area contributed by atoms with Gasteiger partial charge in [-0.05, 0) is 66.5 Å². The van der Waals surface area contributed by atoms with Crippen LogP contribution in [-0.4, -0.2) is 42.9 Å². The second-order valence-corrected chi connectivity index (χ2v) is 10.1. The Balaban J connectivity index is 1.83. The predicted molar refractivity (Wildman–Crippen MR) is 143 cm³/mol. The van der Waals surface area contributed by atoms with Crippen LogP contribution in [0.5, 0.6) is 11.5 Å².